The van der Waals surface area contributed by atoms with Gasteiger partial charge in [0.2, 0.25) is 0 Å². The first-order valence-electron chi connectivity index (χ1n) is 6.65. The number of aryl methyl sites for hydroxylation is 1. The minimum atomic E-state index is -0.0443. The average molecular weight is 247 g/mol. The second-order valence-electron chi connectivity index (χ2n) is 5.38. The average Bonchev–Trinajstić information content (AvgIpc) is 2.75. The third kappa shape index (κ3) is 2.84. The van der Waals surface area contributed by atoms with E-state index in [0.717, 1.165) is 12.1 Å². The Morgan fingerprint density at radius 3 is 2.83 bits per heavy atom. The molecule has 0 radical (unpaired) electrons. The molecule has 1 aromatic rings. The molecule has 1 aromatic carbocycles. The van der Waals surface area contributed by atoms with Crippen LogP contribution in [0.25, 0.3) is 0 Å². The van der Waals surface area contributed by atoms with Crippen LogP contribution in [0.3, 0.4) is 0 Å². The zero-order valence-corrected chi connectivity index (χ0v) is 11.1. The number of carbonyl (C=O) groups is 1. The molecule has 1 aliphatic carbocycles. The highest BCUT2D eigenvalue weighted by Gasteiger charge is 2.23. The number of hydrogen-bond acceptors (Lipinski definition) is 2. The van der Waals surface area contributed by atoms with Gasteiger partial charge in [-0.25, -0.2) is 0 Å². The molecule has 2 unspecified atom stereocenters. The molecule has 0 bridgehead atoms. The standard InChI is InChI=1S/C15H21NO2/c1-10-4-3-5-13(10)9-16-15(18)12-6-7-14(17)11(2)8-12/h6-8,10,13,17H,3-5,9H2,1-2H3,(H,16,18). The Bertz CT molecular complexity index is 442. The lowest BCUT2D eigenvalue weighted by molar-refractivity contribution is 0.0944. The largest absolute Gasteiger partial charge is 0.508 e. The summed E-state index contributed by atoms with van der Waals surface area (Å²) < 4.78 is 0. The molecule has 0 spiro atoms. The molecule has 0 aromatic heterocycles. The number of amides is 1. The number of aromatic hydroxyl groups is 1. The normalized spacial score (nSPS) is 23.0. The van der Waals surface area contributed by atoms with Crippen LogP contribution >= 0.6 is 0 Å². The molecule has 3 heteroatoms. The molecule has 1 amide bonds. The summed E-state index contributed by atoms with van der Waals surface area (Å²) in [6, 6.07) is 4.96. The fourth-order valence-electron chi connectivity index (χ4n) is 2.65. The van der Waals surface area contributed by atoms with Crippen molar-refractivity contribution in [1.29, 1.82) is 0 Å². The Kier molecular flexibility index (Phi) is 3.90. The van der Waals surface area contributed by atoms with E-state index < -0.39 is 0 Å². The lowest BCUT2D eigenvalue weighted by atomic mass is 9.98. The Labute approximate surface area is 108 Å². The van der Waals surface area contributed by atoms with Gasteiger partial charge in [0.05, 0.1) is 0 Å². The first-order valence-corrected chi connectivity index (χ1v) is 6.65. The van der Waals surface area contributed by atoms with Gasteiger partial charge in [-0.1, -0.05) is 19.8 Å². The number of hydrogen-bond donors (Lipinski definition) is 2. The molecule has 3 nitrogen and oxygen atoms in total. The van der Waals surface area contributed by atoms with Gasteiger partial charge in [-0.3, -0.25) is 4.79 Å². The van der Waals surface area contributed by atoms with Crippen molar-refractivity contribution in [1.82, 2.24) is 5.32 Å². The van der Waals surface area contributed by atoms with E-state index >= 15 is 0 Å². The van der Waals surface area contributed by atoms with Gasteiger partial charge in [-0.15, -0.1) is 0 Å². The van der Waals surface area contributed by atoms with E-state index in [9.17, 15) is 9.90 Å². The Morgan fingerprint density at radius 1 is 1.44 bits per heavy atom. The van der Waals surface area contributed by atoms with Crippen LogP contribution in [-0.2, 0) is 0 Å². The molecule has 1 aliphatic rings. The molecule has 2 N–H and O–H groups in total. The van der Waals surface area contributed by atoms with Crippen molar-refractivity contribution in [3.8, 4) is 5.75 Å². The Balaban J connectivity index is 1.93. The second-order valence-corrected chi connectivity index (χ2v) is 5.38. The summed E-state index contributed by atoms with van der Waals surface area (Å²) >= 11 is 0. The summed E-state index contributed by atoms with van der Waals surface area (Å²) in [4.78, 5) is 12.0. The number of nitrogens with one attached hydrogen (secondary N) is 1. The van der Waals surface area contributed by atoms with Crippen molar-refractivity contribution in [2.24, 2.45) is 11.8 Å². The quantitative estimate of drug-likeness (QED) is 0.863. The van der Waals surface area contributed by atoms with E-state index in [1.807, 2.05) is 0 Å². The van der Waals surface area contributed by atoms with Crippen LogP contribution in [0.15, 0.2) is 18.2 Å². The van der Waals surface area contributed by atoms with Gasteiger partial charge in [0.15, 0.2) is 0 Å². The number of carbonyl (C=O) groups excluding carboxylic acids is 1. The topological polar surface area (TPSA) is 49.3 Å². The number of phenols is 1. The van der Waals surface area contributed by atoms with Gasteiger partial charge < -0.3 is 10.4 Å². The molecule has 2 atom stereocenters. The summed E-state index contributed by atoms with van der Waals surface area (Å²) in [5.41, 5.74) is 1.35. The molecule has 0 heterocycles. The van der Waals surface area contributed by atoms with Crippen molar-refractivity contribution in [2.45, 2.75) is 33.1 Å². The Morgan fingerprint density at radius 2 is 2.22 bits per heavy atom. The first kappa shape index (κ1) is 12.9. The number of benzene rings is 1. The van der Waals surface area contributed by atoms with E-state index in [1.54, 1.807) is 25.1 Å². The van der Waals surface area contributed by atoms with E-state index in [1.165, 1.54) is 19.3 Å². The van der Waals surface area contributed by atoms with E-state index in [-0.39, 0.29) is 11.7 Å². The van der Waals surface area contributed by atoms with Crippen molar-refractivity contribution < 1.29 is 9.90 Å². The minimum absolute atomic E-state index is 0.0443. The fraction of sp³-hybridized carbons (Fsp3) is 0.533. The van der Waals surface area contributed by atoms with Crippen LogP contribution in [0.5, 0.6) is 5.75 Å². The van der Waals surface area contributed by atoms with Gasteiger partial charge in [0.25, 0.3) is 5.91 Å². The summed E-state index contributed by atoms with van der Waals surface area (Å²) in [5.74, 6) is 1.52. The Hall–Kier alpha value is -1.51. The molecule has 1 saturated carbocycles. The minimum Gasteiger partial charge on any atom is -0.508 e. The maximum Gasteiger partial charge on any atom is 0.251 e. The first-order chi connectivity index (χ1) is 8.58. The molecular formula is C15H21NO2. The molecule has 18 heavy (non-hydrogen) atoms. The van der Waals surface area contributed by atoms with Gasteiger partial charge in [0, 0.05) is 12.1 Å². The van der Waals surface area contributed by atoms with Crippen molar-refractivity contribution in [2.75, 3.05) is 6.54 Å². The van der Waals surface area contributed by atoms with Gasteiger partial charge in [-0.2, -0.15) is 0 Å². The smallest absolute Gasteiger partial charge is 0.251 e. The third-order valence-electron chi connectivity index (χ3n) is 4.02. The maximum atomic E-state index is 12.0. The van der Waals surface area contributed by atoms with E-state index in [0.29, 0.717) is 17.4 Å². The van der Waals surface area contributed by atoms with Crippen LogP contribution in [0.2, 0.25) is 0 Å². The van der Waals surface area contributed by atoms with Crippen LogP contribution in [0.1, 0.15) is 42.1 Å². The second kappa shape index (κ2) is 5.42. The summed E-state index contributed by atoms with van der Waals surface area (Å²) in [5, 5.41) is 12.4. The van der Waals surface area contributed by atoms with Crippen LogP contribution in [-0.4, -0.2) is 17.6 Å². The van der Waals surface area contributed by atoms with Gasteiger partial charge in [-0.05, 0) is 48.9 Å². The van der Waals surface area contributed by atoms with E-state index in [4.69, 9.17) is 0 Å². The zero-order chi connectivity index (χ0) is 13.1. The molecule has 1 fully saturated rings. The van der Waals surface area contributed by atoms with Crippen LogP contribution in [0, 0.1) is 18.8 Å². The molecular weight excluding hydrogens is 226 g/mol. The third-order valence-corrected chi connectivity index (χ3v) is 4.02. The number of phenolic OH excluding ortho intramolecular Hbond substituents is 1. The molecule has 0 saturated heterocycles. The molecule has 2 rings (SSSR count). The summed E-state index contributed by atoms with van der Waals surface area (Å²) in [6.45, 7) is 4.82. The molecule has 0 aliphatic heterocycles. The van der Waals surface area contributed by atoms with Gasteiger partial charge >= 0.3 is 0 Å². The monoisotopic (exact) mass is 247 g/mol. The van der Waals surface area contributed by atoms with Gasteiger partial charge in [0.1, 0.15) is 5.75 Å². The van der Waals surface area contributed by atoms with Crippen molar-refractivity contribution >= 4 is 5.91 Å². The maximum absolute atomic E-state index is 12.0. The van der Waals surface area contributed by atoms with Crippen LogP contribution < -0.4 is 5.32 Å². The predicted molar refractivity (Wildman–Crippen MR) is 71.7 cm³/mol. The highest BCUT2D eigenvalue weighted by molar-refractivity contribution is 5.94. The fourth-order valence-corrected chi connectivity index (χ4v) is 2.65. The highest BCUT2D eigenvalue weighted by Crippen LogP contribution is 2.30. The highest BCUT2D eigenvalue weighted by atomic mass is 16.3. The lowest BCUT2D eigenvalue weighted by Gasteiger charge is -2.16. The van der Waals surface area contributed by atoms with E-state index in [2.05, 4.69) is 12.2 Å². The predicted octanol–water partition coefficient (Wildman–Crippen LogP) is 2.87. The lowest BCUT2D eigenvalue weighted by Crippen LogP contribution is -2.30. The van der Waals surface area contributed by atoms with Crippen molar-refractivity contribution in [3.05, 3.63) is 29.3 Å². The number of rotatable bonds is 3. The van der Waals surface area contributed by atoms with Crippen molar-refractivity contribution in [3.63, 3.8) is 0 Å². The van der Waals surface area contributed by atoms with Crippen LogP contribution in [0.4, 0.5) is 0 Å². The summed E-state index contributed by atoms with van der Waals surface area (Å²) in [6.07, 6.45) is 3.77. The molecule has 98 valence electrons. The SMILES string of the molecule is Cc1cc(C(=O)NCC2CCCC2C)ccc1O. The zero-order valence-electron chi connectivity index (χ0n) is 11.1. The summed E-state index contributed by atoms with van der Waals surface area (Å²) in [7, 11) is 0.